The number of fused-ring (bicyclic) bond motifs is 1. The number of nitrogens with zero attached hydrogens (tertiary/aromatic N) is 1. The van der Waals surface area contributed by atoms with Gasteiger partial charge in [-0.05, 0) is 42.7 Å². The number of rotatable bonds is 3. The summed E-state index contributed by atoms with van der Waals surface area (Å²) < 4.78 is 2.23. The molecular formula is C18H26N2. The smallest absolute Gasteiger partial charge is 0.0481 e. The topological polar surface area (TPSA) is 17.0 Å². The molecule has 2 aromatic rings. The minimum atomic E-state index is 0.695. The van der Waals surface area contributed by atoms with Crippen molar-refractivity contribution in [2.45, 2.75) is 45.7 Å². The second-order valence-corrected chi connectivity index (χ2v) is 6.63. The molecule has 1 saturated carbocycles. The third-order valence-electron chi connectivity index (χ3n) is 5.16. The highest BCUT2D eigenvalue weighted by molar-refractivity contribution is 5.83. The predicted octanol–water partition coefficient (Wildman–Crippen LogP) is 4.09. The second kappa shape index (κ2) is 5.61. The van der Waals surface area contributed by atoms with Crippen molar-refractivity contribution in [3.8, 4) is 0 Å². The van der Waals surface area contributed by atoms with Gasteiger partial charge in [-0.3, -0.25) is 0 Å². The molecule has 1 fully saturated rings. The van der Waals surface area contributed by atoms with E-state index in [1.54, 1.807) is 0 Å². The summed E-state index contributed by atoms with van der Waals surface area (Å²) in [6.45, 7) is 5.79. The summed E-state index contributed by atoms with van der Waals surface area (Å²) in [4.78, 5) is 0. The molecule has 0 radical (unpaired) electrons. The van der Waals surface area contributed by atoms with Crippen LogP contribution in [0.5, 0.6) is 0 Å². The lowest BCUT2D eigenvalue weighted by atomic mass is 9.79. The van der Waals surface area contributed by atoms with Gasteiger partial charge in [-0.15, -0.1) is 0 Å². The van der Waals surface area contributed by atoms with Gasteiger partial charge in [0.05, 0.1) is 0 Å². The summed E-state index contributed by atoms with van der Waals surface area (Å²) in [6, 6.07) is 9.38. The first-order valence-electron chi connectivity index (χ1n) is 7.91. The van der Waals surface area contributed by atoms with Crippen molar-refractivity contribution in [3.05, 3.63) is 36.0 Å². The lowest BCUT2D eigenvalue weighted by Crippen LogP contribution is -2.35. The summed E-state index contributed by atoms with van der Waals surface area (Å²) in [6.07, 6.45) is 6.29. The Morgan fingerprint density at radius 3 is 2.75 bits per heavy atom. The van der Waals surface area contributed by atoms with Crippen molar-refractivity contribution in [2.75, 3.05) is 0 Å². The van der Waals surface area contributed by atoms with Crippen molar-refractivity contribution < 1.29 is 0 Å². The van der Waals surface area contributed by atoms with Crippen molar-refractivity contribution in [1.82, 2.24) is 9.88 Å². The van der Waals surface area contributed by atoms with E-state index in [9.17, 15) is 0 Å². The number of benzene rings is 1. The third-order valence-corrected chi connectivity index (χ3v) is 5.16. The Kier molecular flexibility index (Phi) is 3.84. The largest absolute Gasteiger partial charge is 0.350 e. The van der Waals surface area contributed by atoms with E-state index in [-0.39, 0.29) is 0 Å². The van der Waals surface area contributed by atoms with E-state index in [4.69, 9.17) is 0 Å². The lowest BCUT2D eigenvalue weighted by molar-refractivity contribution is 0.225. The van der Waals surface area contributed by atoms with E-state index in [0.29, 0.717) is 6.04 Å². The van der Waals surface area contributed by atoms with Crippen molar-refractivity contribution in [3.63, 3.8) is 0 Å². The molecule has 2 nitrogen and oxygen atoms in total. The standard InChI is InChI=1S/C18H26N2/c1-13-8-9-16(10-14(13)2)19-11-15-12-20(3)18-7-5-4-6-17(15)18/h4-7,12-14,16,19H,8-11H2,1-3H3. The number of nitrogens with one attached hydrogen (secondary N) is 1. The van der Waals surface area contributed by atoms with Gasteiger partial charge in [-0.25, -0.2) is 0 Å². The van der Waals surface area contributed by atoms with Gasteiger partial charge in [-0.1, -0.05) is 32.0 Å². The average Bonchev–Trinajstić information content (AvgIpc) is 2.78. The molecule has 1 aliphatic carbocycles. The normalized spacial score (nSPS) is 27.1. The molecule has 3 rings (SSSR count). The molecule has 0 amide bonds. The van der Waals surface area contributed by atoms with E-state index < -0.39 is 0 Å². The van der Waals surface area contributed by atoms with Gasteiger partial charge in [0, 0.05) is 36.7 Å². The summed E-state index contributed by atoms with van der Waals surface area (Å²) in [5.41, 5.74) is 2.75. The fourth-order valence-electron chi connectivity index (χ4n) is 3.55. The Labute approximate surface area is 122 Å². The van der Waals surface area contributed by atoms with Crippen LogP contribution < -0.4 is 5.32 Å². The van der Waals surface area contributed by atoms with Gasteiger partial charge in [-0.2, -0.15) is 0 Å². The Bertz CT molecular complexity index is 584. The van der Waals surface area contributed by atoms with Crippen LogP contribution in [-0.2, 0) is 13.6 Å². The molecule has 3 unspecified atom stereocenters. The predicted molar refractivity (Wildman–Crippen MR) is 85.7 cm³/mol. The van der Waals surface area contributed by atoms with Gasteiger partial charge in [0.1, 0.15) is 0 Å². The van der Waals surface area contributed by atoms with E-state index in [1.165, 1.54) is 35.7 Å². The maximum Gasteiger partial charge on any atom is 0.0481 e. The van der Waals surface area contributed by atoms with E-state index in [2.05, 4.69) is 61.2 Å². The quantitative estimate of drug-likeness (QED) is 0.889. The number of para-hydroxylation sites is 1. The van der Waals surface area contributed by atoms with Crippen LogP contribution in [0.4, 0.5) is 0 Å². The summed E-state index contributed by atoms with van der Waals surface area (Å²) >= 11 is 0. The minimum Gasteiger partial charge on any atom is -0.350 e. The summed E-state index contributed by atoms with van der Waals surface area (Å²) in [5.74, 6) is 1.75. The maximum atomic E-state index is 3.78. The molecule has 3 atom stereocenters. The molecule has 0 aliphatic heterocycles. The second-order valence-electron chi connectivity index (χ2n) is 6.63. The van der Waals surface area contributed by atoms with E-state index in [1.807, 2.05) is 0 Å². The van der Waals surface area contributed by atoms with Gasteiger partial charge in [0.25, 0.3) is 0 Å². The van der Waals surface area contributed by atoms with Gasteiger partial charge >= 0.3 is 0 Å². The molecular weight excluding hydrogens is 244 g/mol. The zero-order valence-electron chi connectivity index (χ0n) is 12.9. The summed E-state index contributed by atoms with van der Waals surface area (Å²) in [7, 11) is 2.14. The Balaban J connectivity index is 1.68. The molecule has 20 heavy (non-hydrogen) atoms. The molecule has 0 spiro atoms. The zero-order valence-corrected chi connectivity index (χ0v) is 12.9. The van der Waals surface area contributed by atoms with E-state index in [0.717, 1.165) is 18.4 Å². The number of hydrogen-bond donors (Lipinski definition) is 1. The van der Waals surface area contributed by atoms with Crippen LogP contribution in [-0.4, -0.2) is 10.6 Å². The molecule has 1 aliphatic rings. The zero-order chi connectivity index (χ0) is 14.1. The molecule has 0 bridgehead atoms. The van der Waals surface area contributed by atoms with Gasteiger partial charge in [0.2, 0.25) is 0 Å². The molecule has 2 heteroatoms. The first-order chi connectivity index (χ1) is 9.65. The van der Waals surface area contributed by atoms with Crippen molar-refractivity contribution >= 4 is 10.9 Å². The van der Waals surface area contributed by atoms with Crippen LogP contribution in [0.25, 0.3) is 10.9 Å². The minimum absolute atomic E-state index is 0.695. The first kappa shape index (κ1) is 13.7. The molecule has 1 aromatic heterocycles. The SMILES string of the molecule is CC1CCC(NCc2cn(C)c3ccccc23)CC1C. The van der Waals surface area contributed by atoms with Crippen LogP contribution in [0.3, 0.4) is 0 Å². The van der Waals surface area contributed by atoms with Crippen LogP contribution in [0.15, 0.2) is 30.5 Å². The highest BCUT2D eigenvalue weighted by Crippen LogP contribution is 2.29. The highest BCUT2D eigenvalue weighted by Gasteiger charge is 2.24. The van der Waals surface area contributed by atoms with Crippen molar-refractivity contribution in [1.29, 1.82) is 0 Å². The molecule has 1 N–H and O–H groups in total. The molecule has 0 saturated heterocycles. The Hall–Kier alpha value is -1.28. The first-order valence-corrected chi connectivity index (χ1v) is 7.91. The Morgan fingerprint density at radius 2 is 1.95 bits per heavy atom. The van der Waals surface area contributed by atoms with Crippen LogP contribution in [0.1, 0.15) is 38.7 Å². The number of hydrogen-bond acceptors (Lipinski definition) is 1. The Morgan fingerprint density at radius 1 is 1.15 bits per heavy atom. The number of aromatic nitrogens is 1. The van der Waals surface area contributed by atoms with E-state index >= 15 is 0 Å². The van der Waals surface area contributed by atoms with Crippen molar-refractivity contribution in [2.24, 2.45) is 18.9 Å². The monoisotopic (exact) mass is 270 g/mol. The summed E-state index contributed by atoms with van der Waals surface area (Å²) in [5, 5.41) is 5.17. The highest BCUT2D eigenvalue weighted by atomic mass is 14.9. The number of aryl methyl sites for hydroxylation is 1. The molecule has 1 aromatic carbocycles. The van der Waals surface area contributed by atoms with Gasteiger partial charge in [0.15, 0.2) is 0 Å². The fourth-order valence-corrected chi connectivity index (χ4v) is 3.55. The molecule has 1 heterocycles. The third kappa shape index (κ3) is 2.62. The maximum absolute atomic E-state index is 3.78. The van der Waals surface area contributed by atoms with Crippen LogP contribution >= 0.6 is 0 Å². The lowest BCUT2D eigenvalue weighted by Gasteiger charge is -2.32. The van der Waals surface area contributed by atoms with Crippen LogP contribution in [0.2, 0.25) is 0 Å². The molecule has 108 valence electrons. The fraction of sp³-hybridized carbons (Fsp3) is 0.556. The van der Waals surface area contributed by atoms with Gasteiger partial charge < -0.3 is 9.88 Å². The van der Waals surface area contributed by atoms with Crippen LogP contribution in [0, 0.1) is 11.8 Å². The average molecular weight is 270 g/mol.